The summed E-state index contributed by atoms with van der Waals surface area (Å²) in [6.07, 6.45) is 10.6. The lowest BCUT2D eigenvalue weighted by atomic mass is 9.73. The van der Waals surface area contributed by atoms with Gasteiger partial charge in [0.05, 0.1) is 22.3 Å². The van der Waals surface area contributed by atoms with Gasteiger partial charge in [-0.2, -0.15) is 0 Å². The zero-order chi connectivity index (χ0) is 33.8. The molecule has 8 nitrogen and oxygen atoms in total. The van der Waals surface area contributed by atoms with Gasteiger partial charge in [0.25, 0.3) is 0 Å². The van der Waals surface area contributed by atoms with E-state index in [2.05, 4.69) is 0 Å². The Hall–Kier alpha value is -2.84. The molecule has 2 aliphatic carbocycles. The zero-order valence-electron chi connectivity index (χ0n) is 27.6. The molecule has 0 saturated heterocycles. The summed E-state index contributed by atoms with van der Waals surface area (Å²) in [6, 6.07) is 6.54. The Morgan fingerprint density at radius 1 is 0.609 bits per heavy atom. The van der Waals surface area contributed by atoms with Gasteiger partial charge in [0.1, 0.15) is 0 Å². The summed E-state index contributed by atoms with van der Waals surface area (Å²) in [7, 11) is 0. The van der Waals surface area contributed by atoms with Crippen molar-refractivity contribution in [3.05, 3.63) is 58.7 Å². The highest BCUT2D eigenvalue weighted by molar-refractivity contribution is 6.51. The van der Waals surface area contributed by atoms with Crippen LogP contribution in [0.15, 0.2) is 47.6 Å². The fourth-order valence-corrected chi connectivity index (χ4v) is 6.37. The lowest BCUT2D eigenvalue weighted by Crippen LogP contribution is -2.54. The lowest BCUT2D eigenvalue weighted by molar-refractivity contribution is -0.241. The maximum atomic E-state index is 13.6. The summed E-state index contributed by atoms with van der Waals surface area (Å²) in [6.45, 7) is 7.93. The molecular weight excluding hydrogens is 631 g/mol. The predicted molar refractivity (Wildman–Crippen MR) is 177 cm³/mol. The van der Waals surface area contributed by atoms with Gasteiger partial charge < -0.3 is 18.9 Å². The first-order chi connectivity index (χ1) is 22.0. The lowest BCUT2D eigenvalue weighted by Gasteiger charge is -2.49. The van der Waals surface area contributed by atoms with Gasteiger partial charge in [-0.15, -0.1) is 0 Å². The zero-order valence-corrected chi connectivity index (χ0v) is 29.1. The van der Waals surface area contributed by atoms with Crippen molar-refractivity contribution in [2.24, 2.45) is 0 Å². The van der Waals surface area contributed by atoms with Gasteiger partial charge in [0.2, 0.25) is 0 Å². The topological polar surface area (TPSA) is 105 Å². The van der Waals surface area contributed by atoms with Crippen molar-refractivity contribution in [3.8, 4) is 0 Å². The molecule has 2 atom stereocenters. The van der Waals surface area contributed by atoms with E-state index in [0.29, 0.717) is 25.7 Å². The number of carbonyl (C=O) groups is 4. The maximum Gasteiger partial charge on any atom is 0.311 e. The number of alkyl halides is 2. The summed E-state index contributed by atoms with van der Waals surface area (Å²) in [5, 5.41) is 0. The molecule has 1 aromatic rings. The first-order valence-corrected chi connectivity index (χ1v) is 17.5. The van der Waals surface area contributed by atoms with E-state index in [9.17, 15) is 19.2 Å². The van der Waals surface area contributed by atoms with Crippen molar-refractivity contribution < 1.29 is 38.1 Å². The number of unbranched alkanes of at least 4 members (excludes halogenated alkanes) is 6. The van der Waals surface area contributed by atoms with Gasteiger partial charge >= 0.3 is 35.5 Å². The molecule has 10 heteroatoms. The standard InChI is InChI=1S/C36H48Cl2O8/c1-5-9-13-23-31(41)44-35(43-29(39)21-11-7-3)26-18-15-16-19-27(26)36(45-30(40)22-12-8-4,46-32(42)24-14-10-6-2)33-28(35)20-17-25-34(33,37)38/h15-20H,5-14,21-25H2,1-4H3. The number of rotatable bonds is 18. The Morgan fingerprint density at radius 3 is 1.43 bits per heavy atom. The molecule has 3 rings (SSSR count). The minimum atomic E-state index is -2.22. The molecule has 0 aliphatic heterocycles. The largest absolute Gasteiger partial charge is 0.414 e. The molecule has 2 aliphatic rings. The number of carbonyl (C=O) groups excluding carboxylic acids is 4. The van der Waals surface area contributed by atoms with Crippen LogP contribution in [-0.2, 0) is 49.7 Å². The summed E-state index contributed by atoms with van der Waals surface area (Å²) in [5.74, 6) is -6.82. The van der Waals surface area contributed by atoms with E-state index >= 15 is 0 Å². The quantitative estimate of drug-likeness (QED) is 0.0655. The normalized spacial score (nSPS) is 21.2. The van der Waals surface area contributed by atoms with Crippen LogP contribution in [0.2, 0.25) is 0 Å². The van der Waals surface area contributed by atoms with Crippen LogP contribution >= 0.6 is 23.2 Å². The van der Waals surface area contributed by atoms with Gasteiger partial charge in [0.15, 0.2) is 4.33 Å². The molecule has 46 heavy (non-hydrogen) atoms. The number of ether oxygens (including phenoxy) is 4. The number of hydrogen-bond acceptors (Lipinski definition) is 8. The summed E-state index contributed by atoms with van der Waals surface area (Å²) >= 11 is 14.1. The fourth-order valence-electron chi connectivity index (χ4n) is 5.74. The van der Waals surface area contributed by atoms with Crippen LogP contribution in [0.1, 0.15) is 135 Å². The van der Waals surface area contributed by atoms with E-state index in [-0.39, 0.29) is 54.4 Å². The molecule has 0 bridgehead atoms. The van der Waals surface area contributed by atoms with Gasteiger partial charge in [-0.3, -0.25) is 19.2 Å². The average molecular weight is 680 g/mol. The third-order valence-corrected chi connectivity index (χ3v) is 8.77. The highest BCUT2D eigenvalue weighted by Crippen LogP contribution is 2.60. The molecule has 0 aromatic heterocycles. The second kappa shape index (κ2) is 17.4. The van der Waals surface area contributed by atoms with Gasteiger partial charge in [-0.25, -0.2) is 0 Å². The third kappa shape index (κ3) is 8.74. The predicted octanol–water partition coefficient (Wildman–Crippen LogP) is 9.15. The second-order valence-electron chi connectivity index (χ2n) is 11.9. The number of benzene rings is 1. The molecule has 0 N–H and O–H groups in total. The van der Waals surface area contributed by atoms with E-state index in [1.165, 1.54) is 0 Å². The van der Waals surface area contributed by atoms with E-state index in [0.717, 1.165) is 38.5 Å². The second-order valence-corrected chi connectivity index (χ2v) is 13.4. The minimum Gasteiger partial charge on any atom is -0.414 e. The van der Waals surface area contributed by atoms with Crippen LogP contribution < -0.4 is 0 Å². The van der Waals surface area contributed by atoms with E-state index < -0.39 is 39.8 Å². The van der Waals surface area contributed by atoms with Crippen molar-refractivity contribution in [1.82, 2.24) is 0 Å². The molecule has 2 unspecified atom stereocenters. The number of allylic oxidation sites excluding steroid dienone is 1. The molecule has 1 aromatic carbocycles. The molecule has 0 fully saturated rings. The SMILES string of the molecule is CCCCCC(=O)OC1(OC(=O)CCCC)C2=C(C(Cl)(Cl)CC=C2)C(OC(=O)CCCC)(OC(=O)CCCCC)c2ccccc21. The maximum absolute atomic E-state index is 13.6. The highest BCUT2D eigenvalue weighted by Gasteiger charge is 2.65. The molecule has 0 saturated carbocycles. The summed E-state index contributed by atoms with van der Waals surface area (Å²) in [5.41, 5.74) is 0.333. The van der Waals surface area contributed by atoms with Crippen molar-refractivity contribution in [2.45, 2.75) is 140 Å². The molecule has 0 radical (unpaired) electrons. The van der Waals surface area contributed by atoms with Crippen LogP contribution in [0.5, 0.6) is 0 Å². The summed E-state index contributed by atoms with van der Waals surface area (Å²) < 4.78 is 23.1. The van der Waals surface area contributed by atoms with Crippen LogP contribution in [-0.4, -0.2) is 28.2 Å². The first-order valence-electron chi connectivity index (χ1n) is 16.8. The van der Waals surface area contributed by atoms with Crippen molar-refractivity contribution >= 4 is 47.1 Å². The first kappa shape index (κ1) is 37.6. The molecular formula is C36H48Cl2O8. The van der Waals surface area contributed by atoms with Crippen LogP contribution in [0, 0.1) is 0 Å². The van der Waals surface area contributed by atoms with Crippen molar-refractivity contribution in [2.75, 3.05) is 0 Å². The molecule has 0 heterocycles. The highest BCUT2D eigenvalue weighted by atomic mass is 35.5. The molecule has 0 spiro atoms. The van der Waals surface area contributed by atoms with Crippen molar-refractivity contribution in [3.63, 3.8) is 0 Å². The van der Waals surface area contributed by atoms with Crippen LogP contribution in [0.4, 0.5) is 0 Å². The Bertz CT molecular complexity index is 1300. The number of esters is 4. The Labute approximate surface area is 283 Å². The van der Waals surface area contributed by atoms with Crippen LogP contribution in [0.3, 0.4) is 0 Å². The fraction of sp³-hybridized carbons (Fsp3) is 0.611. The van der Waals surface area contributed by atoms with E-state index in [4.69, 9.17) is 42.1 Å². The van der Waals surface area contributed by atoms with Gasteiger partial charge in [-0.1, -0.05) is 126 Å². The van der Waals surface area contributed by atoms with Gasteiger partial charge in [-0.05, 0) is 25.7 Å². The Morgan fingerprint density at radius 2 is 1.00 bits per heavy atom. The van der Waals surface area contributed by atoms with E-state index in [1.807, 2.05) is 27.7 Å². The number of fused-ring (bicyclic) bond motifs is 1. The third-order valence-electron chi connectivity index (χ3n) is 8.08. The summed E-state index contributed by atoms with van der Waals surface area (Å²) in [4.78, 5) is 54.0. The average Bonchev–Trinajstić information content (AvgIpc) is 3.01. The Balaban J connectivity index is 2.37. The smallest absolute Gasteiger partial charge is 0.311 e. The van der Waals surface area contributed by atoms with Crippen LogP contribution in [0.25, 0.3) is 0 Å². The number of hydrogen-bond donors (Lipinski definition) is 0. The van der Waals surface area contributed by atoms with Crippen molar-refractivity contribution in [1.29, 1.82) is 0 Å². The molecule has 254 valence electrons. The Kier molecular flexibility index (Phi) is 14.2. The minimum absolute atomic E-state index is 0.0390. The molecule has 0 amide bonds. The number of halogens is 2. The monoisotopic (exact) mass is 678 g/mol. The van der Waals surface area contributed by atoms with E-state index in [1.54, 1.807) is 36.4 Å². The van der Waals surface area contributed by atoms with Gasteiger partial charge in [0, 0.05) is 32.1 Å².